The maximum absolute atomic E-state index is 10.9. The number of hydrogen-bond donors (Lipinski definition) is 1. The average molecular weight is 250 g/mol. The van der Waals surface area contributed by atoms with Crippen LogP contribution in [0.4, 0.5) is 0 Å². The van der Waals surface area contributed by atoms with Crippen LogP contribution in [-0.2, 0) is 4.79 Å². The van der Waals surface area contributed by atoms with Crippen molar-refractivity contribution in [2.45, 2.75) is 20.3 Å². The van der Waals surface area contributed by atoms with Crippen molar-refractivity contribution in [3.05, 3.63) is 36.1 Å². The highest BCUT2D eigenvalue weighted by molar-refractivity contribution is 6.40. The first kappa shape index (κ1) is 16.2. The molecular weight excluding hydrogens is 228 g/mol. The van der Waals surface area contributed by atoms with Gasteiger partial charge in [-0.1, -0.05) is 38.2 Å². The summed E-state index contributed by atoms with van der Waals surface area (Å²) in [6.45, 7) is 4.39. The Balaban J connectivity index is 0.00000137. The Bertz CT molecular complexity index is 377. The third-order valence-corrected chi connectivity index (χ3v) is 2.17. The van der Waals surface area contributed by atoms with Crippen molar-refractivity contribution >= 4 is 11.7 Å². The van der Waals surface area contributed by atoms with Crippen LogP contribution < -0.4 is 0 Å². The Hall–Kier alpha value is -1.84. The van der Waals surface area contributed by atoms with Crippen molar-refractivity contribution in [1.82, 2.24) is 4.90 Å². The Kier molecular flexibility index (Phi) is 8.27. The average Bonchev–Trinajstić information content (AvgIpc) is 2.37. The lowest BCUT2D eigenvalue weighted by atomic mass is 10.2. The monoisotopic (exact) mass is 250 g/mol. The van der Waals surface area contributed by atoms with Gasteiger partial charge in [-0.2, -0.15) is 0 Å². The Morgan fingerprint density at radius 1 is 1.28 bits per heavy atom. The highest BCUT2D eigenvalue weighted by Crippen LogP contribution is 2.07. The van der Waals surface area contributed by atoms with E-state index in [1.807, 2.05) is 57.1 Å². The van der Waals surface area contributed by atoms with E-state index in [1.54, 1.807) is 6.08 Å². The van der Waals surface area contributed by atoms with Crippen LogP contribution in [0.1, 0.15) is 20.3 Å². The van der Waals surface area contributed by atoms with E-state index < -0.39 is 5.97 Å². The van der Waals surface area contributed by atoms with Crippen molar-refractivity contribution in [3.8, 4) is 0 Å². The molecule has 1 rings (SSSR count). The quantitative estimate of drug-likeness (QED) is 0.819. The Morgan fingerprint density at radius 2 is 1.89 bits per heavy atom. The summed E-state index contributed by atoms with van der Waals surface area (Å²) in [7, 11) is 3.78. The maximum atomic E-state index is 10.9. The third-order valence-electron chi connectivity index (χ3n) is 2.17. The second kappa shape index (κ2) is 9.22. The number of rotatable bonds is 2. The summed E-state index contributed by atoms with van der Waals surface area (Å²) in [5.41, 5.74) is 1.02. The lowest BCUT2D eigenvalue weighted by molar-refractivity contribution is -0.129. The molecule has 0 aromatic heterocycles. The standard InChI is InChI=1S/C12H16N2O2.C2H6/c1-14(2)10-7-5-3-4-6-8-13-11(9-10)12(15)16;1-2/h3-6,9H,7-8H2,1-2H3,(H,15,16);1-2H3/b5-3-,6-4-,10-9+,13-11?;. The molecule has 1 aliphatic heterocycles. The first-order valence-electron chi connectivity index (χ1n) is 6.08. The first-order valence-corrected chi connectivity index (χ1v) is 6.08. The largest absolute Gasteiger partial charge is 0.477 e. The molecule has 18 heavy (non-hydrogen) atoms. The van der Waals surface area contributed by atoms with E-state index in [9.17, 15) is 4.79 Å². The molecule has 1 heterocycles. The van der Waals surface area contributed by atoms with Crippen LogP contribution in [0.5, 0.6) is 0 Å². The van der Waals surface area contributed by atoms with Crippen molar-refractivity contribution in [2.75, 3.05) is 20.6 Å². The van der Waals surface area contributed by atoms with Gasteiger partial charge in [-0.05, 0) is 6.08 Å². The molecule has 0 saturated carbocycles. The van der Waals surface area contributed by atoms with Crippen LogP contribution >= 0.6 is 0 Å². The van der Waals surface area contributed by atoms with Gasteiger partial charge in [-0.25, -0.2) is 4.79 Å². The highest BCUT2D eigenvalue weighted by atomic mass is 16.4. The molecule has 0 saturated heterocycles. The molecule has 0 aromatic rings. The summed E-state index contributed by atoms with van der Waals surface area (Å²) in [4.78, 5) is 16.9. The molecule has 0 fully saturated rings. The van der Waals surface area contributed by atoms with Crippen molar-refractivity contribution in [1.29, 1.82) is 0 Å². The summed E-state index contributed by atoms with van der Waals surface area (Å²) in [5.74, 6) is -0.989. The van der Waals surface area contributed by atoms with Gasteiger partial charge in [-0.3, -0.25) is 4.99 Å². The fraction of sp³-hybridized carbons (Fsp3) is 0.429. The van der Waals surface area contributed by atoms with Gasteiger partial charge in [0.25, 0.3) is 0 Å². The van der Waals surface area contributed by atoms with E-state index in [0.29, 0.717) is 13.0 Å². The van der Waals surface area contributed by atoms with Gasteiger partial charge in [0.05, 0.1) is 6.54 Å². The van der Waals surface area contributed by atoms with Gasteiger partial charge in [0.15, 0.2) is 0 Å². The number of carbonyl (C=O) groups is 1. The number of aliphatic carboxylic acids is 1. The first-order chi connectivity index (χ1) is 8.61. The van der Waals surface area contributed by atoms with E-state index in [2.05, 4.69) is 4.99 Å². The fourth-order valence-electron chi connectivity index (χ4n) is 1.26. The molecule has 0 bridgehead atoms. The molecule has 1 aliphatic rings. The third kappa shape index (κ3) is 6.03. The minimum atomic E-state index is -0.989. The second-order valence-corrected chi connectivity index (χ2v) is 3.62. The molecule has 100 valence electrons. The fourth-order valence-corrected chi connectivity index (χ4v) is 1.26. The molecule has 0 radical (unpaired) electrons. The predicted molar refractivity (Wildman–Crippen MR) is 76.0 cm³/mol. The molecule has 0 spiro atoms. The number of hydrogen-bond acceptors (Lipinski definition) is 3. The molecular formula is C14H22N2O2. The lowest BCUT2D eigenvalue weighted by Gasteiger charge is -2.16. The smallest absolute Gasteiger partial charge is 0.354 e. The number of carboxylic acid groups (broad SMARTS) is 1. The van der Waals surface area contributed by atoms with E-state index in [0.717, 1.165) is 5.70 Å². The Labute approximate surface area is 109 Å². The SMILES string of the molecule is CC.CN(C)/C1=C/C(C(=O)O)=NC/C=C\C=C/C1. The normalized spacial score (nSPS) is 21.3. The summed E-state index contributed by atoms with van der Waals surface area (Å²) < 4.78 is 0. The lowest BCUT2D eigenvalue weighted by Crippen LogP contribution is -2.17. The summed E-state index contributed by atoms with van der Waals surface area (Å²) >= 11 is 0. The summed E-state index contributed by atoms with van der Waals surface area (Å²) in [6, 6.07) is 0. The zero-order valence-corrected chi connectivity index (χ0v) is 11.6. The van der Waals surface area contributed by atoms with Crippen molar-refractivity contribution in [2.24, 2.45) is 4.99 Å². The van der Waals surface area contributed by atoms with Crippen LogP contribution in [0.15, 0.2) is 41.1 Å². The summed E-state index contributed by atoms with van der Waals surface area (Å²) in [6.07, 6.45) is 9.96. The molecule has 0 aliphatic carbocycles. The van der Waals surface area contributed by atoms with Crippen LogP contribution in [0.3, 0.4) is 0 Å². The zero-order valence-electron chi connectivity index (χ0n) is 11.6. The van der Waals surface area contributed by atoms with Crippen molar-refractivity contribution in [3.63, 3.8) is 0 Å². The van der Waals surface area contributed by atoms with E-state index in [-0.39, 0.29) is 5.71 Å². The number of allylic oxidation sites excluding steroid dienone is 3. The van der Waals surface area contributed by atoms with Crippen LogP contribution in [-0.4, -0.2) is 42.3 Å². The molecule has 1 N–H and O–H groups in total. The van der Waals surface area contributed by atoms with Crippen LogP contribution in [0.2, 0.25) is 0 Å². The minimum absolute atomic E-state index is 0.101. The topological polar surface area (TPSA) is 52.9 Å². The van der Waals surface area contributed by atoms with Gasteiger partial charge in [-0.15, -0.1) is 0 Å². The summed E-state index contributed by atoms with van der Waals surface area (Å²) in [5, 5.41) is 8.98. The molecule has 0 atom stereocenters. The van der Waals surface area contributed by atoms with Gasteiger partial charge >= 0.3 is 5.97 Å². The zero-order chi connectivity index (χ0) is 14.0. The molecule has 4 heteroatoms. The highest BCUT2D eigenvalue weighted by Gasteiger charge is 2.08. The van der Waals surface area contributed by atoms with E-state index in [1.165, 1.54) is 0 Å². The molecule has 0 amide bonds. The van der Waals surface area contributed by atoms with E-state index >= 15 is 0 Å². The minimum Gasteiger partial charge on any atom is -0.477 e. The number of carboxylic acids is 1. The van der Waals surface area contributed by atoms with Gasteiger partial charge in [0.2, 0.25) is 0 Å². The Morgan fingerprint density at radius 3 is 2.44 bits per heavy atom. The predicted octanol–water partition coefficient (Wildman–Crippen LogP) is 2.50. The number of nitrogens with zero attached hydrogens (tertiary/aromatic N) is 2. The molecule has 4 nitrogen and oxygen atoms in total. The number of aliphatic imine (C=N–C) groups is 1. The van der Waals surface area contributed by atoms with Crippen LogP contribution in [0.25, 0.3) is 0 Å². The molecule has 0 unspecified atom stereocenters. The van der Waals surface area contributed by atoms with Crippen molar-refractivity contribution < 1.29 is 9.90 Å². The molecule has 0 aromatic carbocycles. The van der Waals surface area contributed by atoms with E-state index in [4.69, 9.17) is 5.11 Å². The second-order valence-electron chi connectivity index (χ2n) is 3.62. The van der Waals surface area contributed by atoms with Gasteiger partial charge < -0.3 is 10.0 Å². The maximum Gasteiger partial charge on any atom is 0.354 e. The van der Waals surface area contributed by atoms with Gasteiger partial charge in [0, 0.05) is 26.2 Å². The van der Waals surface area contributed by atoms with Gasteiger partial charge in [0.1, 0.15) is 5.71 Å². The van der Waals surface area contributed by atoms with Crippen LogP contribution in [0, 0.1) is 0 Å².